The van der Waals surface area contributed by atoms with Gasteiger partial charge < -0.3 is 9.88 Å². The van der Waals surface area contributed by atoms with Gasteiger partial charge in [0.1, 0.15) is 0 Å². The van der Waals surface area contributed by atoms with Gasteiger partial charge >= 0.3 is 0 Å². The first-order chi connectivity index (χ1) is 7.51. The molecule has 0 saturated heterocycles. The van der Waals surface area contributed by atoms with Gasteiger partial charge in [0.15, 0.2) is 0 Å². The molecule has 0 aliphatic rings. The first-order valence-electron chi connectivity index (χ1n) is 5.78. The Morgan fingerprint density at radius 3 is 2.81 bits per heavy atom. The molecule has 0 unspecified atom stereocenters. The lowest BCUT2D eigenvalue weighted by molar-refractivity contribution is 0.424. The number of unbranched alkanes of at least 4 members (excludes halogenated alkanes) is 1. The summed E-state index contributed by atoms with van der Waals surface area (Å²) >= 11 is 0. The van der Waals surface area contributed by atoms with Crippen molar-refractivity contribution in [2.45, 2.75) is 52.2 Å². The van der Waals surface area contributed by atoms with Gasteiger partial charge in [0, 0.05) is 37.4 Å². The Hall–Kier alpha value is -1.27. The summed E-state index contributed by atoms with van der Waals surface area (Å²) in [6.45, 7) is 8.32. The number of hydrogen-bond donors (Lipinski definition) is 1. The zero-order chi connectivity index (χ0) is 12.0. The maximum absolute atomic E-state index is 8.45. The van der Waals surface area contributed by atoms with Crippen LogP contribution >= 0.6 is 0 Å². The highest BCUT2D eigenvalue weighted by Crippen LogP contribution is 2.06. The lowest BCUT2D eigenvalue weighted by atomic mass is 10.1. The van der Waals surface area contributed by atoms with E-state index in [9.17, 15) is 0 Å². The van der Waals surface area contributed by atoms with Crippen molar-refractivity contribution in [3.05, 3.63) is 24.0 Å². The number of hydrogen-bond acceptors (Lipinski definition) is 2. The van der Waals surface area contributed by atoms with Gasteiger partial charge in [0.2, 0.25) is 0 Å². The molecule has 1 N–H and O–H groups in total. The summed E-state index contributed by atoms with van der Waals surface area (Å²) in [7, 11) is 0. The Kier molecular flexibility index (Phi) is 4.57. The summed E-state index contributed by atoms with van der Waals surface area (Å²) in [4.78, 5) is 0. The topological polar surface area (TPSA) is 40.8 Å². The van der Waals surface area contributed by atoms with Gasteiger partial charge in [-0.3, -0.25) is 0 Å². The second kappa shape index (κ2) is 5.72. The van der Waals surface area contributed by atoms with Crippen molar-refractivity contribution in [2.24, 2.45) is 0 Å². The Labute approximate surface area is 98.1 Å². The highest BCUT2D eigenvalue weighted by Gasteiger charge is 2.08. The van der Waals surface area contributed by atoms with Crippen LogP contribution in [0.15, 0.2) is 18.5 Å². The van der Waals surface area contributed by atoms with Crippen LogP contribution in [-0.2, 0) is 13.1 Å². The van der Waals surface area contributed by atoms with E-state index in [0.717, 1.165) is 19.5 Å². The second-order valence-corrected chi connectivity index (χ2v) is 5.12. The Bertz CT molecular complexity index is 352. The van der Waals surface area contributed by atoms with Crippen LogP contribution in [0.5, 0.6) is 0 Å². The van der Waals surface area contributed by atoms with Gasteiger partial charge in [0.05, 0.1) is 6.07 Å². The molecule has 0 atom stereocenters. The normalized spacial score (nSPS) is 11.4. The van der Waals surface area contributed by atoms with E-state index in [-0.39, 0.29) is 5.54 Å². The van der Waals surface area contributed by atoms with E-state index in [0.29, 0.717) is 6.42 Å². The van der Waals surface area contributed by atoms with E-state index in [4.69, 9.17) is 5.26 Å². The molecule has 1 aromatic rings. The minimum Gasteiger partial charge on any atom is -0.354 e. The van der Waals surface area contributed by atoms with Crippen molar-refractivity contribution in [1.82, 2.24) is 9.88 Å². The largest absolute Gasteiger partial charge is 0.354 e. The molecule has 0 fully saturated rings. The molecule has 1 heterocycles. The Morgan fingerprint density at radius 2 is 2.19 bits per heavy atom. The molecular formula is C13H21N3. The first-order valence-corrected chi connectivity index (χ1v) is 5.78. The third kappa shape index (κ3) is 4.99. The molecule has 0 aliphatic heterocycles. The maximum atomic E-state index is 8.45. The summed E-state index contributed by atoms with van der Waals surface area (Å²) in [6, 6.07) is 4.29. The minimum atomic E-state index is 0.156. The zero-order valence-corrected chi connectivity index (χ0v) is 10.5. The van der Waals surface area contributed by atoms with Crippen molar-refractivity contribution in [3.63, 3.8) is 0 Å². The zero-order valence-electron chi connectivity index (χ0n) is 10.5. The highest BCUT2D eigenvalue weighted by atomic mass is 15.0. The van der Waals surface area contributed by atoms with E-state index >= 15 is 0 Å². The van der Waals surface area contributed by atoms with Crippen LogP contribution in [0, 0.1) is 11.3 Å². The second-order valence-electron chi connectivity index (χ2n) is 5.12. The molecular weight excluding hydrogens is 198 g/mol. The standard InChI is InChI=1S/C13H21N3/c1-13(2,3)15-10-12-6-9-16(11-12)8-5-4-7-14/h6,9,11,15H,4-5,8,10H2,1-3H3. The van der Waals surface area contributed by atoms with Gasteiger partial charge in [-0.2, -0.15) is 5.26 Å². The van der Waals surface area contributed by atoms with Crippen molar-refractivity contribution >= 4 is 0 Å². The molecule has 0 spiro atoms. The van der Waals surface area contributed by atoms with Gasteiger partial charge in [-0.05, 0) is 38.8 Å². The average Bonchev–Trinajstić information content (AvgIpc) is 2.62. The van der Waals surface area contributed by atoms with Crippen molar-refractivity contribution in [3.8, 4) is 6.07 Å². The molecule has 1 aromatic heterocycles. The van der Waals surface area contributed by atoms with E-state index < -0.39 is 0 Å². The Morgan fingerprint density at radius 1 is 1.44 bits per heavy atom. The summed E-state index contributed by atoms with van der Waals surface area (Å²) in [5.41, 5.74) is 1.45. The summed E-state index contributed by atoms with van der Waals surface area (Å²) in [6.07, 6.45) is 5.79. The molecule has 0 bridgehead atoms. The molecule has 0 aromatic carbocycles. The minimum absolute atomic E-state index is 0.156. The summed E-state index contributed by atoms with van der Waals surface area (Å²) in [5, 5.41) is 11.9. The van der Waals surface area contributed by atoms with Gasteiger partial charge in [-0.15, -0.1) is 0 Å². The van der Waals surface area contributed by atoms with Crippen LogP contribution in [-0.4, -0.2) is 10.1 Å². The van der Waals surface area contributed by atoms with Crippen molar-refractivity contribution < 1.29 is 0 Å². The van der Waals surface area contributed by atoms with Gasteiger partial charge in [-0.1, -0.05) is 0 Å². The molecule has 3 heteroatoms. The summed E-state index contributed by atoms with van der Waals surface area (Å²) in [5.74, 6) is 0. The number of aryl methyl sites for hydroxylation is 1. The number of rotatable bonds is 5. The van der Waals surface area contributed by atoms with Crippen LogP contribution in [0.3, 0.4) is 0 Å². The number of aromatic nitrogens is 1. The average molecular weight is 219 g/mol. The molecule has 0 aliphatic carbocycles. The fourth-order valence-corrected chi connectivity index (χ4v) is 1.44. The fourth-order valence-electron chi connectivity index (χ4n) is 1.44. The van der Waals surface area contributed by atoms with E-state index in [2.05, 4.69) is 55.2 Å². The van der Waals surface area contributed by atoms with Gasteiger partial charge in [-0.25, -0.2) is 0 Å². The molecule has 0 radical (unpaired) electrons. The number of nitriles is 1. The smallest absolute Gasteiger partial charge is 0.0622 e. The van der Waals surface area contributed by atoms with Crippen LogP contribution in [0.25, 0.3) is 0 Å². The lowest BCUT2D eigenvalue weighted by Gasteiger charge is -2.19. The van der Waals surface area contributed by atoms with E-state index in [1.54, 1.807) is 0 Å². The first kappa shape index (κ1) is 12.8. The highest BCUT2D eigenvalue weighted by molar-refractivity contribution is 5.10. The van der Waals surface area contributed by atoms with E-state index in [1.807, 2.05) is 0 Å². The van der Waals surface area contributed by atoms with Crippen LogP contribution < -0.4 is 5.32 Å². The van der Waals surface area contributed by atoms with Gasteiger partial charge in [0.25, 0.3) is 0 Å². The summed E-state index contributed by atoms with van der Waals surface area (Å²) < 4.78 is 2.15. The van der Waals surface area contributed by atoms with E-state index in [1.165, 1.54) is 5.56 Å². The number of nitrogens with zero attached hydrogens (tertiary/aromatic N) is 2. The molecule has 3 nitrogen and oxygen atoms in total. The third-order valence-corrected chi connectivity index (χ3v) is 2.34. The van der Waals surface area contributed by atoms with Crippen molar-refractivity contribution in [1.29, 1.82) is 5.26 Å². The third-order valence-electron chi connectivity index (χ3n) is 2.34. The SMILES string of the molecule is CC(C)(C)NCc1ccn(CCCC#N)c1. The van der Waals surface area contributed by atoms with Crippen molar-refractivity contribution in [2.75, 3.05) is 0 Å². The molecule has 16 heavy (non-hydrogen) atoms. The molecule has 0 amide bonds. The lowest BCUT2D eigenvalue weighted by Crippen LogP contribution is -2.34. The molecule has 0 saturated carbocycles. The van der Waals surface area contributed by atoms with Crippen LogP contribution in [0.2, 0.25) is 0 Å². The van der Waals surface area contributed by atoms with Crippen LogP contribution in [0.4, 0.5) is 0 Å². The number of nitrogens with one attached hydrogen (secondary N) is 1. The predicted octanol–water partition coefficient (Wildman–Crippen LogP) is 2.68. The Balaban J connectivity index is 2.37. The quantitative estimate of drug-likeness (QED) is 0.773. The maximum Gasteiger partial charge on any atom is 0.0622 e. The molecule has 88 valence electrons. The monoisotopic (exact) mass is 219 g/mol. The predicted molar refractivity (Wildman–Crippen MR) is 65.9 cm³/mol. The fraction of sp³-hybridized carbons (Fsp3) is 0.615. The molecule has 1 rings (SSSR count). The van der Waals surface area contributed by atoms with Crippen LogP contribution in [0.1, 0.15) is 39.2 Å².